The number of aromatic amines is 3. The zero-order valence-electron chi connectivity index (χ0n) is 64.6. The van der Waals surface area contributed by atoms with Crippen LogP contribution in [-0.2, 0) is 23.7 Å². The number of nitrogens with one attached hydrogen (secondary N) is 5. The van der Waals surface area contributed by atoms with E-state index in [1.807, 2.05) is 59.7 Å². The fraction of sp³-hybridized carbons (Fsp3) is 0.293. The Labute approximate surface area is 714 Å². The molecule has 32 nitrogen and oxygen atoms in total. The minimum absolute atomic E-state index is 0.0743. The Bertz CT molecular complexity index is 5620. The summed E-state index contributed by atoms with van der Waals surface area (Å²) in [6.45, 7) is 25.0. The predicted octanol–water partition coefficient (Wildman–Crippen LogP) is 13.0. The molecule has 622 valence electrons. The van der Waals surface area contributed by atoms with Crippen molar-refractivity contribution in [3.05, 3.63) is 245 Å². The normalized spacial score (nSPS) is 14.3. The number of ether oxygens (including phenoxy) is 5. The number of carboxylic acid groups (broad SMARTS) is 3. The Hall–Kier alpha value is -11.5. The molecule has 5 aliphatic heterocycles. The fourth-order valence-corrected chi connectivity index (χ4v) is 14.0. The van der Waals surface area contributed by atoms with E-state index in [2.05, 4.69) is 124 Å². The van der Waals surface area contributed by atoms with Crippen molar-refractivity contribution in [3.63, 3.8) is 0 Å². The van der Waals surface area contributed by atoms with E-state index in [1.165, 1.54) is 37.7 Å². The van der Waals surface area contributed by atoms with E-state index in [-0.39, 0.29) is 39.6 Å². The van der Waals surface area contributed by atoms with Crippen molar-refractivity contribution in [2.45, 2.75) is 40.0 Å². The van der Waals surface area contributed by atoms with E-state index in [1.54, 1.807) is 85.3 Å². The van der Waals surface area contributed by atoms with Gasteiger partial charge in [0.15, 0.2) is 0 Å². The lowest BCUT2D eigenvalue weighted by Gasteiger charge is -2.29. The van der Waals surface area contributed by atoms with Crippen LogP contribution in [0.15, 0.2) is 166 Å². The van der Waals surface area contributed by atoms with Gasteiger partial charge in [0.25, 0.3) is 11.8 Å². The Morgan fingerprint density at radius 2 is 0.731 bits per heavy atom. The number of H-pyrrole nitrogens is 3. The number of nitrogens with two attached hydrogens (primary N) is 1. The van der Waals surface area contributed by atoms with Gasteiger partial charge >= 0.3 is 17.9 Å². The summed E-state index contributed by atoms with van der Waals surface area (Å²) >= 11 is 12.8. The van der Waals surface area contributed by atoms with Gasteiger partial charge in [-0.2, -0.15) is 4.39 Å². The van der Waals surface area contributed by atoms with Crippen LogP contribution in [0.3, 0.4) is 0 Å². The molecule has 2 amide bonds. The highest BCUT2D eigenvalue weighted by atomic mass is 79.9. The Morgan fingerprint density at radius 1 is 0.420 bits per heavy atom. The van der Waals surface area contributed by atoms with Gasteiger partial charge in [0.1, 0.15) is 40.0 Å². The highest BCUT2D eigenvalue weighted by Gasteiger charge is 2.26. The minimum Gasteiger partial charge on any atom is -0.478 e. The second-order valence-electron chi connectivity index (χ2n) is 26.9. The highest BCUT2D eigenvalue weighted by Crippen LogP contribution is 2.31. The fourth-order valence-electron chi connectivity index (χ4n) is 12.7. The van der Waals surface area contributed by atoms with Crippen molar-refractivity contribution in [2.24, 2.45) is 0 Å². The molecule has 0 saturated carbocycles. The number of nitrogens with zero attached hydrogens (tertiary/aromatic N) is 10. The molecule has 13 heterocycles. The van der Waals surface area contributed by atoms with E-state index >= 15 is 0 Å². The summed E-state index contributed by atoms with van der Waals surface area (Å²) in [5.74, 6) is -2.59. The molecule has 5 fully saturated rings. The average Bonchev–Trinajstić information content (AvgIpc) is 0.814. The van der Waals surface area contributed by atoms with Crippen LogP contribution in [0.2, 0.25) is 0 Å². The molecule has 16 rings (SSSR count). The number of hydrogen-bond donors (Lipinski definition) is 9. The number of carboxylic acids is 3. The number of anilines is 7. The number of aromatic nitrogens is 8. The largest absolute Gasteiger partial charge is 0.478 e. The smallest absolute Gasteiger partial charge is 0.340 e. The van der Waals surface area contributed by atoms with Crippen LogP contribution < -0.4 is 52.6 Å². The summed E-state index contributed by atoms with van der Waals surface area (Å²) in [5, 5.41) is 35.2. The molecular formula is C82H83Br4FN16O16. The SMILES string of the molecule is C1CCOCC1.Cc1cc(=O)[nH]c2ccc(N)cc12.Cc1cc(=O)[nH]c2ccc(NC(=O)c3cc(Br)cnc3N3CCOCC3)cc12.O=C(O)c1cc(Br)cnc1F.O=C(O)c1cc(Br)cnc1N1CCOCC1.O=C(O)c1cc(Br)cnc1N1CCOCC1.[C-]#[N+]c1cnc(N2CCOCC2)c(C(=O)Nc2ccc3[nH]c(=O)cc(C)c3c2)c1. The van der Waals surface area contributed by atoms with Crippen LogP contribution in [0.4, 0.5) is 50.4 Å². The average molecular weight is 1890 g/mol. The summed E-state index contributed by atoms with van der Waals surface area (Å²) in [6.07, 6.45) is 11.5. The molecule has 0 unspecified atom stereocenters. The Balaban J connectivity index is 0.000000153. The number of nitrogen functional groups attached to an aromatic ring is 1. The van der Waals surface area contributed by atoms with Crippen molar-refractivity contribution in [1.82, 2.24) is 39.9 Å². The lowest BCUT2D eigenvalue weighted by atomic mass is 10.1. The maximum Gasteiger partial charge on any atom is 0.340 e. The molecule has 5 saturated heterocycles. The molecule has 0 aliphatic carbocycles. The van der Waals surface area contributed by atoms with E-state index in [9.17, 15) is 42.7 Å². The number of benzene rings is 3. The number of halogens is 5. The quantitative estimate of drug-likeness (QED) is 0.0330. The molecule has 10 N–H and O–H groups in total. The van der Waals surface area contributed by atoms with Gasteiger partial charge in [-0.1, -0.05) is 0 Å². The van der Waals surface area contributed by atoms with Crippen molar-refractivity contribution in [2.75, 3.05) is 154 Å². The molecule has 0 bridgehead atoms. The van der Waals surface area contributed by atoms with Gasteiger partial charge in [-0.3, -0.25) is 29.0 Å². The number of aryl methyl sites for hydroxylation is 3. The Kier molecular flexibility index (Phi) is 33.1. The second-order valence-corrected chi connectivity index (χ2v) is 30.6. The van der Waals surface area contributed by atoms with Crippen LogP contribution >= 0.6 is 63.7 Å². The minimum atomic E-state index is -1.32. The first kappa shape index (κ1) is 89.9. The summed E-state index contributed by atoms with van der Waals surface area (Å²) in [7, 11) is 0. The molecule has 0 atom stereocenters. The van der Waals surface area contributed by atoms with Crippen molar-refractivity contribution < 1.29 is 67.4 Å². The molecule has 0 radical (unpaired) electrons. The number of hydrogen-bond acceptors (Lipinski definition) is 23. The van der Waals surface area contributed by atoms with Crippen LogP contribution in [-0.4, -0.2) is 203 Å². The zero-order valence-corrected chi connectivity index (χ0v) is 71.0. The van der Waals surface area contributed by atoms with Crippen LogP contribution in [0, 0.1) is 33.3 Å². The first-order valence-electron chi connectivity index (χ1n) is 37.2. The second kappa shape index (κ2) is 43.8. The molecule has 119 heavy (non-hydrogen) atoms. The molecule has 8 aromatic heterocycles. The van der Waals surface area contributed by atoms with Crippen molar-refractivity contribution >= 4 is 172 Å². The number of rotatable bonds is 11. The summed E-state index contributed by atoms with van der Waals surface area (Å²) in [4.78, 5) is 133. The van der Waals surface area contributed by atoms with Gasteiger partial charge in [0.2, 0.25) is 28.3 Å². The van der Waals surface area contributed by atoms with Crippen molar-refractivity contribution in [1.29, 1.82) is 0 Å². The van der Waals surface area contributed by atoms with E-state index in [0.717, 1.165) is 67.6 Å². The maximum absolute atomic E-state index is 13.1. The maximum atomic E-state index is 13.1. The third kappa shape index (κ3) is 25.8. The predicted molar refractivity (Wildman–Crippen MR) is 464 cm³/mol. The lowest BCUT2D eigenvalue weighted by Crippen LogP contribution is -2.38. The summed E-state index contributed by atoms with van der Waals surface area (Å²) in [5.41, 5.74) is 13.3. The number of amides is 2. The van der Waals surface area contributed by atoms with Crippen LogP contribution in [0.5, 0.6) is 0 Å². The Morgan fingerprint density at radius 3 is 1.07 bits per heavy atom. The van der Waals surface area contributed by atoms with Crippen molar-refractivity contribution in [3.8, 4) is 0 Å². The summed E-state index contributed by atoms with van der Waals surface area (Å²) in [6, 6.07) is 28.5. The monoisotopic (exact) mass is 1880 g/mol. The molecular weight excluding hydrogens is 1800 g/mol. The van der Waals surface area contributed by atoms with Crippen LogP contribution in [0.25, 0.3) is 37.6 Å². The van der Waals surface area contributed by atoms with E-state index in [0.29, 0.717) is 181 Å². The van der Waals surface area contributed by atoms with Gasteiger partial charge < -0.3 is 89.9 Å². The van der Waals surface area contributed by atoms with Crippen LogP contribution in [0.1, 0.15) is 87.7 Å². The van der Waals surface area contributed by atoms with Gasteiger partial charge in [0, 0.05) is 182 Å². The number of fused-ring (bicyclic) bond motifs is 3. The van der Waals surface area contributed by atoms with Gasteiger partial charge in [0.05, 0.1) is 70.6 Å². The number of carbonyl (C=O) groups is 5. The highest BCUT2D eigenvalue weighted by molar-refractivity contribution is 9.11. The standard InChI is InChI=1S/C21H19N5O3.C20H19BrN4O3.2C10H11BrN2O3.C10H10N2O.C6H3BrFNO2.C5H10O/c1-13-9-19(27)25-18-4-3-14(10-16(13)18)24-21(28)17-11-15(22-2)12-23-20(17)26-5-7-29-8-6-26;1-12-8-18(26)24-17-3-2-14(10-15(12)17)23-20(27)16-9-13(21)11-22-19(16)25-4-6-28-7-5-25;2*11-7-5-8(10(14)15)9(12-6-7)13-1-3-16-4-2-13;1-6-4-10(13)12-9-3-2-7(11)5-8(6)9;7-3-1-4(6(10)11)5(8)9-2-3;1-2-4-6-5-3-1/h3-4,9-12H,5-8H2,1H3,(H,24,28)(H,25,27);2-3,8-11H,4-7H2,1H3,(H,23,27)(H,24,26);2*5-6H,1-4H2,(H,14,15);2-5H,11H2,1H3,(H,12,13);1-2H,(H,10,11);1-5H2. The lowest BCUT2D eigenvalue weighted by molar-refractivity contribution is 0.0681. The first-order valence-corrected chi connectivity index (χ1v) is 40.4. The molecule has 5 aliphatic rings. The number of carbonyl (C=O) groups excluding carboxylic acids is 2. The zero-order chi connectivity index (χ0) is 85.2. The number of aromatic carboxylic acids is 3. The van der Waals surface area contributed by atoms with E-state index in [4.69, 9.17) is 51.3 Å². The molecule has 37 heteroatoms. The van der Waals surface area contributed by atoms with Gasteiger partial charge in [-0.15, -0.1) is 0 Å². The number of morpholine rings is 4. The first-order chi connectivity index (χ1) is 57.2. The van der Waals surface area contributed by atoms with Gasteiger partial charge in [-0.05, 0) is 205 Å². The molecule has 11 aromatic rings. The topological polar surface area (TPSA) is 423 Å². The van der Waals surface area contributed by atoms with E-state index < -0.39 is 29.4 Å². The number of pyridine rings is 8. The molecule has 0 spiro atoms. The third-order valence-electron chi connectivity index (χ3n) is 18.5. The van der Waals surface area contributed by atoms with Gasteiger partial charge in [-0.25, -0.2) is 39.2 Å². The summed E-state index contributed by atoms with van der Waals surface area (Å²) < 4.78 is 41.3. The third-order valence-corrected chi connectivity index (χ3v) is 20.2. The molecule has 3 aromatic carbocycles.